The van der Waals surface area contributed by atoms with Crippen LogP contribution in [0.4, 0.5) is 0 Å². The van der Waals surface area contributed by atoms with Crippen molar-refractivity contribution in [2.24, 2.45) is 0 Å². The Kier molecular flexibility index (Phi) is 5.96. The lowest BCUT2D eigenvalue weighted by Crippen LogP contribution is -2.25. The Balaban J connectivity index is 1.57. The van der Waals surface area contributed by atoms with Crippen LogP contribution in [0.25, 0.3) is 11.4 Å². The molecule has 0 amide bonds. The molecule has 0 fully saturated rings. The zero-order valence-electron chi connectivity index (χ0n) is 17.0. The van der Waals surface area contributed by atoms with E-state index in [2.05, 4.69) is 15.0 Å². The third-order valence-corrected chi connectivity index (χ3v) is 5.09. The van der Waals surface area contributed by atoms with E-state index in [4.69, 9.17) is 35.1 Å². The molecule has 1 aliphatic rings. The van der Waals surface area contributed by atoms with Gasteiger partial charge in [0.1, 0.15) is 12.4 Å². The van der Waals surface area contributed by atoms with E-state index in [1.54, 1.807) is 27.4 Å². The number of fused-ring (bicyclic) bond motifs is 1. The zero-order chi connectivity index (χ0) is 21.1. The Morgan fingerprint density at radius 1 is 1.07 bits per heavy atom. The lowest BCUT2D eigenvalue weighted by molar-refractivity contribution is 0.196. The van der Waals surface area contributed by atoms with Crippen molar-refractivity contribution in [3.05, 3.63) is 46.8 Å². The number of halogens is 1. The Morgan fingerprint density at radius 2 is 1.90 bits per heavy atom. The summed E-state index contributed by atoms with van der Waals surface area (Å²) in [5.74, 6) is 3.27. The van der Waals surface area contributed by atoms with Crippen LogP contribution >= 0.6 is 11.6 Å². The number of rotatable bonds is 6. The minimum absolute atomic E-state index is 0.414. The first-order valence-electron chi connectivity index (χ1n) is 9.38. The maximum atomic E-state index is 6.14. The van der Waals surface area contributed by atoms with Gasteiger partial charge < -0.3 is 23.5 Å². The summed E-state index contributed by atoms with van der Waals surface area (Å²) in [6.07, 6.45) is 0. The lowest BCUT2D eigenvalue weighted by Gasteiger charge is -2.16. The topological polar surface area (TPSA) is 79.1 Å². The van der Waals surface area contributed by atoms with Crippen LogP contribution in [0, 0.1) is 0 Å². The molecule has 3 aromatic rings. The molecule has 0 saturated carbocycles. The average molecular weight is 432 g/mol. The number of benzene rings is 2. The third kappa shape index (κ3) is 4.01. The standard InChI is InChI=1S/C21H22ClN3O5/c1-26-17-7-5-15(19(27-2)20(17)28-3)21-23-18(30-24-21)12-25-8-9-29-16-6-4-14(22)10-13(16)11-25/h4-7,10H,8-9,11-12H2,1-3H3. The fourth-order valence-corrected chi connectivity index (χ4v) is 3.64. The smallest absolute Gasteiger partial charge is 0.241 e. The Labute approximate surface area is 179 Å². The van der Waals surface area contributed by atoms with Gasteiger partial charge >= 0.3 is 0 Å². The van der Waals surface area contributed by atoms with Crippen LogP contribution < -0.4 is 18.9 Å². The molecule has 1 aromatic heterocycles. The van der Waals surface area contributed by atoms with Crippen molar-refractivity contribution in [2.45, 2.75) is 13.1 Å². The quantitative estimate of drug-likeness (QED) is 0.583. The number of nitrogens with zero attached hydrogens (tertiary/aromatic N) is 3. The molecule has 4 rings (SSSR count). The summed E-state index contributed by atoms with van der Waals surface area (Å²) in [5, 5.41) is 4.81. The van der Waals surface area contributed by atoms with E-state index in [1.165, 1.54) is 0 Å². The zero-order valence-corrected chi connectivity index (χ0v) is 17.7. The maximum absolute atomic E-state index is 6.14. The molecular formula is C21H22ClN3O5. The molecular weight excluding hydrogens is 410 g/mol. The minimum atomic E-state index is 0.414. The summed E-state index contributed by atoms with van der Waals surface area (Å²) < 4.78 is 27.6. The van der Waals surface area contributed by atoms with Crippen LogP contribution in [-0.2, 0) is 13.1 Å². The van der Waals surface area contributed by atoms with E-state index in [1.807, 2.05) is 24.3 Å². The minimum Gasteiger partial charge on any atom is -0.493 e. The highest BCUT2D eigenvalue weighted by atomic mass is 35.5. The number of ether oxygens (including phenoxy) is 4. The molecule has 0 atom stereocenters. The van der Waals surface area contributed by atoms with Gasteiger partial charge in [0, 0.05) is 23.7 Å². The fraction of sp³-hybridized carbons (Fsp3) is 0.333. The molecule has 1 aliphatic heterocycles. The molecule has 0 radical (unpaired) electrons. The molecule has 0 spiro atoms. The second-order valence-electron chi connectivity index (χ2n) is 6.70. The van der Waals surface area contributed by atoms with Crippen molar-refractivity contribution in [1.82, 2.24) is 15.0 Å². The van der Waals surface area contributed by atoms with Crippen LogP contribution in [0.1, 0.15) is 11.5 Å². The second kappa shape index (κ2) is 8.81. The summed E-state index contributed by atoms with van der Waals surface area (Å²) in [6.45, 7) is 2.45. The van der Waals surface area contributed by atoms with Gasteiger partial charge in [0.15, 0.2) is 11.5 Å². The van der Waals surface area contributed by atoms with Crippen LogP contribution in [0.2, 0.25) is 5.02 Å². The number of aromatic nitrogens is 2. The van der Waals surface area contributed by atoms with Gasteiger partial charge in [0.05, 0.1) is 33.4 Å². The van der Waals surface area contributed by atoms with Gasteiger partial charge in [-0.2, -0.15) is 4.98 Å². The van der Waals surface area contributed by atoms with E-state index in [9.17, 15) is 0 Å². The molecule has 2 heterocycles. The van der Waals surface area contributed by atoms with E-state index in [0.717, 1.165) is 17.9 Å². The molecule has 0 N–H and O–H groups in total. The maximum Gasteiger partial charge on any atom is 0.241 e. The van der Waals surface area contributed by atoms with Crippen molar-refractivity contribution in [1.29, 1.82) is 0 Å². The van der Waals surface area contributed by atoms with E-state index >= 15 is 0 Å². The van der Waals surface area contributed by atoms with Crippen molar-refractivity contribution in [3.63, 3.8) is 0 Å². The fourth-order valence-electron chi connectivity index (χ4n) is 3.45. The second-order valence-corrected chi connectivity index (χ2v) is 7.14. The van der Waals surface area contributed by atoms with Crippen LogP contribution in [0.15, 0.2) is 34.9 Å². The summed E-state index contributed by atoms with van der Waals surface area (Å²) in [5.41, 5.74) is 1.68. The molecule has 2 aromatic carbocycles. The van der Waals surface area contributed by atoms with Crippen molar-refractivity contribution < 1.29 is 23.5 Å². The molecule has 0 aliphatic carbocycles. The summed E-state index contributed by atoms with van der Waals surface area (Å²) in [7, 11) is 4.68. The summed E-state index contributed by atoms with van der Waals surface area (Å²) in [6, 6.07) is 9.24. The largest absolute Gasteiger partial charge is 0.493 e. The van der Waals surface area contributed by atoms with Gasteiger partial charge in [-0.3, -0.25) is 4.90 Å². The van der Waals surface area contributed by atoms with Crippen molar-refractivity contribution in [2.75, 3.05) is 34.5 Å². The van der Waals surface area contributed by atoms with Crippen molar-refractivity contribution in [3.8, 4) is 34.4 Å². The van der Waals surface area contributed by atoms with Crippen LogP contribution in [-0.4, -0.2) is 49.5 Å². The average Bonchev–Trinajstić information content (AvgIpc) is 3.12. The molecule has 9 heteroatoms. The van der Waals surface area contributed by atoms with Gasteiger partial charge in [-0.15, -0.1) is 0 Å². The van der Waals surface area contributed by atoms with E-state index < -0.39 is 0 Å². The van der Waals surface area contributed by atoms with Gasteiger partial charge in [0.2, 0.25) is 17.5 Å². The van der Waals surface area contributed by atoms with Gasteiger partial charge in [0.25, 0.3) is 0 Å². The van der Waals surface area contributed by atoms with E-state index in [0.29, 0.717) is 59.2 Å². The summed E-state index contributed by atoms with van der Waals surface area (Å²) >= 11 is 6.14. The highest BCUT2D eigenvalue weighted by Crippen LogP contribution is 2.43. The summed E-state index contributed by atoms with van der Waals surface area (Å²) in [4.78, 5) is 6.73. The van der Waals surface area contributed by atoms with Gasteiger partial charge in [-0.05, 0) is 30.3 Å². The Bertz CT molecular complexity index is 1040. The third-order valence-electron chi connectivity index (χ3n) is 4.85. The molecule has 0 bridgehead atoms. The van der Waals surface area contributed by atoms with Crippen LogP contribution in [0.5, 0.6) is 23.0 Å². The SMILES string of the molecule is COc1ccc(-c2noc(CN3CCOc4ccc(Cl)cc4C3)n2)c(OC)c1OC. The number of hydrogen-bond acceptors (Lipinski definition) is 8. The van der Waals surface area contributed by atoms with Crippen molar-refractivity contribution >= 4 is 11.6 Å². The highest BCUT2D eigenvalue weighted by molar-refractivity contribution is 6.30. The molecule has 0 saturated heterocycles. The number of methoxy groups -OCH3 is 3. The van der Waals surface area contributed by atoms with E-state index in [-0.39, 0.29) is 0 Å². The first-order chi connectivity index (χ1) is 14.6. The normalized spacial score (nSPS) is 13.9. The van der Waals surface area contributed by atoms with Gasteiger partial charge in [-0.1, -0.05) is 16.8 Å². The molecule has 30 heavy (non-hydrogen) atoms. The lowest BCUT2D eigenvalue weighted by atomic mass is 10.1. The van der Waals surface area contributed by atoms with Crippen LogP contribution in [0.3, 0.4) is 0 Å². The monoisotopic (exact) mass is 431 g/mol. The molecule has 158 valence electrons. The Hall–Kier alpha value is -2.97. The highest BCUT2D eigenvalue weighted by Gasteiger charge is 2.22. The molecule has 8 nitrogen and oxygen atoms in total. The Morgan fingerprint density at radius 3 is 2.67 bits per heavy atom. The molecule has 0 unspecified atom stereocenters. The predicted molar refractivity (Wildman–Crippen MR) is 110 cm³/mol. The van der Waals surface area contributed by atoms with Gasteiger partial charge in [-0.25, -0.2) is 0 Å². The number of hydrogen-bond donors (Lipinski definition) is 0. The first kappa shape index (κ1) is 20.3. The predicted octanol–water partition coefficient (Wildman–Crippen LogP) is 3.81. The first-order valence-corrected chi connectivity index (χ1v) is 9.76.